The fourth-order valence-electron chi connectivity index (χ4n) is 2.98. The van der Waals surface area contributed by atoms with Crippen molar-refractivity contribution >= 4 is 35.0 Å². The first-order valence-corrected chi connectivity index (χ1v) is 10.1. The molecule has 5 heteroatoms. The Bertz CT molecular complexity index is 983. The molecule has 3 nitrogen and oxygen atoms in total. The Kier molecular flexibility index (Phi) is 5.78. The number of benzene rings is 3. The molecule has 0 bridgehead atoms. The van der Waals surface area contributed by atoms with E-state index in [0.29, 0.717) is 10.7 Å². The van der Waals surface area contributed by atoms with Crippen LogP contribution in [0, 0.1) is 13.8 Å². The SMILES string of the molecule is CSc1c(C)c(-c2ccc(C)cc2)cc(O)c1C(=O)Nc1ccc(Cl)cc1. The van der Waals surface area contributed by atoms with Crippen LogP contribution in [-0.2, 0) is 0 Å². The van der Waals surface area contributed by atoms with Gasteiger partial charge in [-0.1, -0.05) is 41.4 Å². The molecule has 0 fully saturated rings. The van der Waals surface area contributed by atoms with Crippen LogP contribution in [0.5, 0.6) is 5.75 Å². The van der Waals surface area contributed by atoms with Crippen LogP contribution < -0.4 is 5.32 Å². The number of anilines is 1. The smallest absolute Gasteiger partial charge is 0.260 e. The highest BCUT2D eigenvalue weighted by atomic mass is 35.5. The molecule has 0 aliphatic carbocycles. The van der Waals surface area contributed by atoms with Gasteiger partial charge in [0.2, 0.25) is 0 Å². The number of nitrogens with one attached hydrogen (secondary N) is 1. The summed E-state index contributed by atoms with van der Waals surface area (Å²) in [6, 6.07) is 16.6. The molecule has 0 unspecified atom stereocenters. The van der Waals surface area contributed by atoms with Gasteiger partial charge in [0.1, 0.15) is 5.75 Å². The van der Waals surface area contributed by atoms with Crippen molar-refractivity contribution in [2.45, 2.75) is 18.7 Å². The molecule has 0 saturated carbocycles. The van der Waals surface area contributed by atoms with E-state index in [-0.39, 0.29) is 17.2 Å². The number of aryl methyl sites for hydroxylation is 1. The number of phenolic OH excluding ortho intramolecular Hbond substituents is 1. The van der Waals surface area contributed by atoms with Gasteiger partial charge >= 0.3 is 0 Å². The van der Waals surface area contributed by atoms with Gasteiger partial charge in [-0.2, -0.15) is 0 Å². The first kappa shape index (κ1) is 19.3. The summed E-state index contributed by atoms with van der Waals surface area (Å²) in [5.41, 5.74) is 4.96. The van der Waals surface area contributed by atoms with Gasteiger partial charge in [-0.15, -0.1) is 11.8 Å². The second kappa shape index (κ2) is 8.07. The molecule has 0 aliphatic rings. The van der Waals surface area contributed by atoms with E-state index < -0.39 is 0 Å². The van der Waals surface area contributed by atoms with Crippen LogP contribution in [0.4, 0.5) is 5.69 Å². The van der Waals surface area contributed by atoms with Crippen LogP contribution in [0.3, 0.4) is 0 Å². The molecule has 3 aromatic rings. The Morgan fingerprint density at radius 3 is 2.26 bits per heavy atom. The molecule has 27 heavy (non-hydrogen) atoms. The monoisotopic (exact) mass is 397 g/mol. The number of halogens is 1. The van der Waals surface area contributed by atoms with Crippen LogP contribution in [-0.4, -0.2) is 17.3 Å². The Hall–Kier alpha value is -2.43. The maximum atomic E-state index is 12.8. The van der Waals surface area contributed by atoms with Crippen LogP contribution in [0.25, 0.3) is 11.1 Å². The van der Waals surface area contributed by atoms with Crippen LogP contribution >= 0.6 is 23.4 Å². The third kappa shape index (κ3) is 4.12. The van der Waals surface area contributed by atoms with E-state index in [2.05, 4.69) is 5.32 Å². The first-order valence-electron chi connectivity index (χ1n) is 8.45. The molecule has 1 amide bonds. The van der Waals surface area contributed by atoms with Gasteiger partial charge < -0.3 is 10.4 Å². The van der Waals surface area contributed by atoms with E-state index in [0.717, 1.165) is 21.6 Å². The largest absolute Gasteiger partial charge is 0.507 e. The Morgan fingerprint density at radius 1 is 1.04 bits per heavy atom. The predicted molar refractivity (Wildman–Crippen MR) is 114 cm³/mol. The zero-order valence-corrected chi connectivity index (χ0v) is 16.9. The molecular formula is C22H20ClNO2S. The van der Waals surface area contributed by atoms with Crippen molar-refractivity contribution in [3.05, 3.63) is 76.3 Å². The van der Waals surface area contributed by atoms with Crippen molar-refractivity contribution in [3.63, 3.8) is 0 Å². The number of hydrogen-bond donors (Lipinski definition) is 2. The van der Waals surface area contributed by atoms with Gasteiger partial charge in [-0.25, -0.2) is 0 Å². The first-order chi connectivity index (χ1) is 12.9. The van der Waals surface area contributed by atoms with Crippen molar-refractivity contribution in [2.75, 3.05) is 11.6 Å². The van der Waals surface area contributed by atoms with Crippen LogP contribution in [0.2, 0.25) is 5.02 Å². The molecule has 2 N–H and O–H groups in total. The molecule has 0 atom stereocenters. The topological polar surface area (TPSA) is 49.3 Å². The van der Waals surface area contributed by atoms with Gasteiger partial charge in [0.25, 0.3) is 5.91 Å². The van der Waals surface area contributed by atoms with Crippen molar-refractivity contribution in [3.8, 4) is 16.9 Å². The maximum absolute atomic E-state index is 12.8. The average Bonchev–Trinajstić information content (AvgIpc) is 2.65. The minimum atomic E-state index is -0.349. The van der Waals surface area contributed by atoms with Crippen molar-refractivity contribution < 1.29 is 9.90 Å². The standard InChI is InChI=1S/C22H20ClNO2S/c1-13-4-6-15(7-5-13)18-12-19(25)20(21(27-3)14(18)2)22(26)24-17-10-8-16(23)9-11-17/h4-12,25H,1-3H3,(H,24,26). The molecule has 0 aromatic heterocycles. The lowest BCUT2D eigenvalue weighted by Gasteiger charge is -2.17. The summed E-state index contributed by atoms with van der Waals surface area (Å²) < 4.78 is 0. The number of amides is 1. The van der Waals surface area contributed by atoms with Crippen molar-refractivity contribution in [1.29, 1.82) is 0 Å². The fourth-order valence-corrected chi connectivity index (χ4v) is 3.92. The summed E-state index contributed by atoms with van der Waals surface area (Å²) >= 11 is 7.34. The van der Waals surface area contributed by atoms with E-state index >= 15 is 0 Å². The van der Waals surface area contributed by atoms with E-state index in [1.165, 1.54) is 17.3 Å². The Labute approximate surface area is 168 Å². The lowest BCUT2D eigenvalue weighted by atomic mass is 9.96. The summed E-state index contributed by atoms with van der Waals surface area (Å²) in [6.07, 6.45) is 1.90. The van der Waals surface area contributed by atoms with E-state index in [1.54, 1.807) is 30.3 Å². The molecule has 0 heterocycles. The molecule has 0 saturated heterocycles. The number of phenols is 1. The molecule has 3 aromatic carbocycles. The second-order valence-electron chi connectivity index (χ2n) is 6.30. The molecule has 3 rings (SSSR count). The zero-order valence-electron chi connectivity index (χ0n) is 15.3. The second-order valence-corrected chi connectivity index (χ2v) is 7.56. The van der Waals surface area contributed by atoms with Crippen LogP contribution in [0.1, 0.15) is 21.5 Å². The Morgan fingerprint density at radius 2 is 1.67 bits per heavy atom. The minimum absolute atomic E-state index is 0.0352. The minimum Gasteiger partial charge on any atom is -0.507 e. The quantitative estimate of drug-likeness (QED) is 0.507. The lowest BCUT2D eigenvalue weighted by molar-refractivity contribution is 0.102. The van der Waals surface area contributed by atoms with Gasteiger partial charge in [-0.05, 0) is 67.1 Å². The van der Waals surface area contributed by atoms with Gasteiger partial charge in [0.05, 0.1) is 5.56 Å². The number of aromatic hydroxyl groups is 1. The Balaban J connectivity index is 2.03. The van der Waals surface area contributed by atoms with Gasteiger partial charge in [0.15, 0.2) is 0 Å². The third-order valence-electron chi connectivity index (χ3n) is 4.40. The molecular weight excluding hydrogens is 378 g/mol. The predicted octanol–water partition coefficient (Wildman–Crippen LogP) is 6.30. The summed E-state index contributed by atoms with van der Waals surface area (Å²) in [5, 5.41) is 14.1. The molecule has 0 aliphatic heterocycles. The van der Waals surface area contributed by atoms with Crippen LogP contribution in [0.15, 0.2) is 59.5 Å². The van der Waals surface area contributed by atoms with E-state index in [9.17, 15) is 9.90 Å². The average molecular weight is 398 g/mol. The third-order valence-corrected chi connectivity index (χ3v) is 5.58. The number of rotatable bonds is 4. The van der Waals surface area contributed by atoms with Gasteiger partial charge in [-0.3, -0.25) is 4.79 Å². The highest BCUT2D eigenvalue weighted by molar-refractivity contribution is 7.98. The fraction of sp³-hybridized carbons (Fsp3) is 0.136. The van der Waals surface area contributed by atoms with Gasteiger partial charge in [0, 0.05) is 15.6 Å². The summed E-state index contributed by atoms with van der Waals surface area (Å²) in [4.78, 5) is 13.6. The highest BCUT2D eigenvalue weighted by Gasteiger charge is 2.21. The molecule has 0 spiro atoms. The molecule has 138 valence electrons. The molecule has 0 radical (unpaired) electrons. The lowest BCUT2D eigenvalue weighted by Crippen LogP contribution is -2.14. The number of thioether (sulfide) groups is 1. The van der Waals surface area contributed by atoms with Crippen molar-refractivity contribution in [1.82, 2.24) is 0 Å². The number of hydrogen-bond acceptors (Lipinski definition) is 3. The maximum Gasteiger partial charge on any atom is 0.260 e. The number of carbonyl (C=O) groups is 1. The summed E-state index contributed by atoms with van der Waals surface area (Å²) in [7, 11) is 0. The number of carbonyl (C=O) groups excluding carboxylic acids is 1. The van der Waals surface area contributed by atoms with E-state index in [4.69, 9.17) is 11.6 Å². The van der Waals surface area contributed by atoms with E-state index in [1.807, 2.05) is 44.4 Å². The highest BCUT2D eigenvalue weighted by Crippen LogP contribution is 2.39. The summed E-state index contributed by atoms with van der Waals surface area (Å²) in [6.45, 7) is 4.01. The van der Waals surface area contributed by atoms with Crippen molar-refractivity contribution in [2.24, 2.45) is 0 Å². The zero-order chi connectivity index (χ0) is 19.6. The summed E-state index contributed by atoms with van der Waals surface area (Å²) in [5.74, 6) is -0.385. The normalized spacial score (nSPS) is 10.7.